The molecule has 1 fully saturated rings. The third-order valence-electron chi connectivity index (χ3n) is 3.01. The Balaban J connectivity index is 2.06. The average Bonchev–Trinajstić information content (AvgIpc) is 2.50. The number of hydrogen-bond donors (Lipinski definition) is 2. The Morgan fingerprint density at radius 3 is 2.95 bits per heavy atom. The van der Waals surface area contributed by atoms with E-state index in [0.717, 1.165) is 4.90 Å². The van der Waals surface area contributed by atoms with Gasteiger partial charge < -0.3 is 20.4 Å². The summed E-state index contributed by atoms with van der Waals surface area (Å²) in [7, 11) is 0. The monoisotopic (exact) mass is 329 g/mol. The van der Waals surface area contributed by atoms with Crippen molar-refractivity contribution in [2.75, 3.05) is 19.0 Å². The molecule has 0 spiro atoms. The number of esters is 1. The van der Waals surface area contributed by atoms with Crippen LogP contribution in [0.15, 0.2) is 16.4 Å². The molecule has 0 bridgehead atoms. The number of carbonyl (C=O) groups excluding carboxylic acids is 2. The lowest BCUT2D eigenvalue weighted by molar-refractivity contribution is -0.148. The average molecular weight is 329 g/mol. The molecule has 2 aliphatic heterocycles. The second kappa shape index (κ2) is 6.79. The molecule has 2 rings (SSSR count). The lowest BCUT2D eigenvalue weighted by Gasteiger charge is -2.47. The maximum absolute atomic E-state index is 11.7. The number of fused-ring (bicyclic) bond motifs is 1. The molecular weight excluding hydrogens is 314 g/mol. The van der Waals surface area contributed by atoms with E-state index in [1.165, 1.54) is 18.0 Å². The molecule has 0 aliphatic carbocycles. The molecule has 0 saturated carbocycles. The van der Waals surface area contributed by atoms with Crippen LogP contribution in [0, 0.1) is 0 Å². The van der Waals surface area contributed by atoms with Gasteiger partial charge in [-0.1, -0.05) is 5.16 Å². The van der Waals surface area contributed by atoms with Crippen molar-refractivity contribution in [3.8, 4) is 0 Å². The van der Waals surface area contributed by atoms with E-state index < -0.39 is 23.9 Å². The van der Waals surface area contributed by atoms with Gasteiger partial charge in [0.1, 0.15) is 17.1 Å². The first-order chi connectivity index (χ1) is 10.5. The number of hydrogen-bond acceptors (Lipinski definition) is 8. The number of carboxylic acid groups (broad SMARTS) is 1. The largest absolute Gasteiger partial charge is 0.477 e. The van der Waals surface area contributed by atoms with Crippen molar-refractivity contribution < 1.29 is 29.1 Å². The number of nitrogens with zero attached hydrogens (tertiary/aromatic N) is 2. The molecule has 0 unspecified atom stereocenters. The highest BCUT2D eigenvalue weighted by Gasteiger charge is 2.51. The van der Waals surface area contributed by atoms with Crippen LogP contribution in [0.25, 0.3) is 0 Å². The van der Waals surface area contributed by atoms with Crippen LogP contribution in [0.3, 0.4) is 0 Å². The predicted molar refractivity (Wildman–Crippen MR) is 76.8 cm³/mol. The van der Waals surface area contributed by atoms with Crippen LogP contribution in [0.1, 0.15) is 6.92 Å². The van der Waals surface area contributed by atoms with E-state index in [1.807, 2.05) is 0 Å². The van der Waals surface area contributed by atoms with Crippen LogP contribution in [0.2, 0.25) is 0 Å². The summed E-state index contributed by atoms with van der Waals surface area (Å²) in [6, 6.07) is -0.682. The summed E-state index contributed by atoms with van der Waals surface area (Å²) in [4.78, 5) is 40.0. The zero-order chi connectivity index (χ0) is 16.3. The molecule has 2 atom stereocenters. The van der Waals surface area contributed by atoms with Gasteiger partial charge >= 0.3 is 11.9 Å². The number of carbonyl (C=O) groups is 3. The number of nitrogens with two attached hydrogens (primary N) is 1. The van der Waals surface area contributed by atoms with Crippen LogP contribution in [-0.2, 0) is 24.0 Å². The van der Waals surface area contributed by atoms with Gasteiger partial charge in [-0.25, -0.2) is 9.59 Å². The van der Waals surface area contributed by atoms with Gasteiger partial charge in [-0.05, 0) is 6.92 Å². The number of amides is 1. The Labute approximate surface area is 130 Å². The van der Waals surface area contributed by atoms with Crippen molar-refractivity contribution in [1.29, 1.82) is 0 Å². The van der Waals surface area contributed by atoms with Crippen molar-refractivity contribution in [3.05, 3.63) is 11.3 Å². The van der Waals surface area contributed by atoms with Gasteiger partial charge in [0.05, 0.1) is 12.8 Å². The van der Waals surface area contributed by atoms with Gasteiger partial charge in [0.2, 0.25) is 12.5 Å². The molecule has 3 N–H and O–H groups in total. The zero-order valence-electron chi connectivity index (χ0n) is 11.7. The summed E-state index contributed by atoms with van der Waals surface area (Å²) >= 11 is 1.35. The van der Waals surface area contributed by atoms with Gasteiger partial charge in [-0.15, -0.1) is 11.8 Å². The maximum atomic E-state index is 11.7. The number of carboxylic acids is 1. The topological polar surface area (TPSA) is 132 Å². The van der Waals surface area contributed by atoms with Crippen molar-refractivity contribution in [2.24, 2.45) is 10.9 Å². The molecule has 0 aromatic rings. The lowest BCUT2D eigenvalue weighted by atomic mass is 10.0. The first-order valence-corrected chi connectivity index (χ1v) is 7.50. The fourth-order valence-corrected chi connectivity index (χ4v) is 3.28. The third kappa shape index (κ3) is 3.07. The highest BCUT2D eigenvalue weighted by molar-refractivity contribution is 8.00. The predicted octanol–water partition coefficient (Wildman–Crippen LogP) is -0.867. The van der Waals surface area contributed by atoms with E-state index in [9.17, 15) is 19.5 Å². The van der Waals surface area contributed by atoms with Crippen LogP contribution in [0.5, 0.6) is 0 Å². The molecule has 9 nitrogen and oxygen atoms in total. The molecular formula is C12H15N3O6S. The van der Waals surface area contributed by atoms with E-state index in [4.69, 9.17) is 10.6 Å². The summed E-state index contributed by atoms with van der Waals surface area (Å²) in [6.45, 7) is 1.52. The normalized spacial score (nSPS) is 24.1. The number of aliphatic carboxylic acids is 1. The standard InChI is InChI=1S/C12H15N3O6S/c1-2-20-7(16)4-21-14-3-6-5-22-11-8(13)10(17)15(11)9(6)12(18)19/h3,8,11H,2,4-5,13H2,1H3,(H,18,19)/t8-,11-/m1/s1. The molecule has 2 heterocycles. The molecule has 0 radical (unpaired) electrons. The quantitative estimate of drug-likeness (QED) is 0.278. The fraction of sp³-hybridized carbons (Fsp3) is 0.500. The molecule has 1 amide bonds. The molecule has 120 valence electrons. The lowest BCUT2D eigenvalue weighted by Crippen LogP contribution is -2.68. The van der Waals surface area contributed by atoms with Gasteiger partial charge in [0, 0.05) is 11.3 Å². The first kappa shape index (κ1) is 16.3. The van der Waals surface area contributed by atoms with Crippen molar-refractivity contribution in [3.63, 3.8) is 0 Å². The molecule has 22 heavy (non-hydrogen) atoms. The maximum Gasteiger partial charge on any atom is 0.353 e. The Morgan fingerprint density at radius 2 is 2.32 bits per heavy atom. The SMILES string of the molecule is CCOC(=O)CON=CC1=C(C(=O)O)N2C(=O)[C@@H](N)[C@H]2SC1. The Bertz CT molecular complexity index is 561. The minimum absolute atomic E-state index is 0.154. The molecule has 0 aromatic carbocycles. The van der Waals surface area contributed by atoms with Crippen LogP contribution in [-0.4, -0.2) is 64.4 Å². The van der Waals surface area contributed by atoms with Crippen LogP contribution >= 0.6 is 11.8 Å². The minimum atomic E-state index is -1.24. The summed E-state index contributed by atoms with van der Waals surface area (Å²) in [5.74, 6) is -1.92. The van der Waals surface area contributed by atoms with Crippen molar-refractivity contribution in [2.45, 2.75) is 18.3 Å². The van der Waals surface area contributed by atoms with Gasteiger partial charge in [0.15, 0.2) is 0 Å². The minimum Gasteiger partial charge on any atom is -0.477 e. The van der Waals surface area contributed by atoms with E-state index in [2.05, 4.69) is 9.89 Å². The second-order valence-corrected chi connectivity index (χ2v) is 5.53. The Hall–Kier alpha value is -2.07. The summed E-state index contributed by atoms with van der Waals surface area (Å²) in [6.07, 6.45) is 1.18. The van der Waals surface area contributed by atoms with Gasteiger partial charge in [-0.2, -0.15) is 0 Å². The van der Waals surface area contributed by atoms with Gasteiger partial charge in [0.25, 0.3) is 0 Å². The molecule has 10 heteroatoms. The van der Waals surface area contributed by atoms with Gasteiger partial charge in [-0.3, -0.25) is 9.69 Å². The number of β-lactam (4-membered cyclic amide) rings is 1. The number of ether oxygens (including phenoxy) is 1. The molecule has 0 aromatic heterocycles. The van der Waals surface area contributed by atoms with Crippen LogP contribution < -0.4 is 5.73 Å². The van der Waals surface area contributed by atoms with Crippen LogP contribution in [0.4, 0.5) is 0 Å². The Kier molecular flexibility index (Phi) is 5.03. The second-order valence-electron chi connectivity index (χ2n) is 4.43. The molecule has 1 saturated heterocycles. The summed E-state index contributed by atoms with van der Waals surface area (Å²) in [5, 5.41) is 12.5. The third-order valence-corrected chi connectivity index (χ3v) is 4.34. The van der Waals surface area contributed by atoms with E-state index in [1.54, 1.807) is 6.92 Å². The number of rotatable bonds is 6. The summed E-state index contributed by atoms with van der Waals surface area (Å²) < 4.78 is 4.64. The highest BCUT2D eigenvalue weighted by Crippen LogP contribution is 2.38. The molecule has 2 aliphatic rings. The van der Waals surface area contributed by atoms with E-state index in [-0.39, 0.29) is 24.3 Å². The van der Waals surface area contributed by atoms with Crippen molar-refractivity contribution >= 4 is 35.8 Å². The van der Waals surface area contributed by atoms with Crippen molar-refractivity contribution in [1.82, 2.24) is 4.90 Å². The zero-order valence-corrected chi connectivity index (χ0v) is 12.5. The first-order valence-electron chi connectivity index (χ1n) is 6.45. The fourth-order valence-electron chi connectivity index (χ4n) is 2.03. The Morgan fingerprint density at radius 1 is 1.59 bits per heavy atom. The smallest absolute Gasteiger partial charge is 0.353 e. The number of oxime groups is 1. The van der Waals surface area contributed by atoms with E-state index in [0.29, 0.717) is 11.3 Å². The van der Waals surface area contributed by atoms with E-state index >= 15 is 0 Å². The highest BCUT2D eigenvalue weighted by atomic mass is 32.2. The summed E-state index contributed by atoms with van der Waals surface area (Å²) in [5.41, 5.74) is 5.79. The number of thioether (sulfide) groups is 1.